The van der Waals surface area contributed by atoms with Crippen LogP contribution in [0.15, 0.2) is 0 Å². The Hall–Kier alpha value is -1.32. The highest BCUT2D eigenvalue weighted by atomic mass is 16.6. The van der Waals surface area contributed by atoms with E-state index in [9.17, 15) is 10.1 Å². The van der Waals surface area contributed by atoms with Gasteiger partial charge in [-0.2, -0.15) is 5.26 Å². The summed E-state index contributed by atoms with van der Waals surface area (Å²) in [7, 11) is 0. The van der Waals surface area contributed by atoms with E-state index in [1.807, 2.05) is 27.7 Å². The molecule has 0 unspecified atom stereocenters. The predicted molar refractivity (Wildman–Crippen MR) is 73.1 cm³/mol. The minimum atomic E-state index is -0.492. The van der Waals surface area contributed by atoms with Crippen LogP contribution in [0.1, 0.15) is 27.7 Å². The molecule has 0 bridgehead atoms. The van der Waals surface area contributed by atoms with Gasteiger partial charge in [0.1, 0.15) is 5.60 Å². The quantitative estimate of drug-likeness (QED) is 0.723. The van der Waals surface area contributed by atoms with Gasteiger partial charge >= 0.3 is 6.09 Å². The lowest BCUT2D eigenvalue weighted by Gasteiger charge is -2.49. The molecule has 0 aromatic heterocycles. The molecule has 2 fully saturated rings. The Kier molecular flexibility index (Phi) is 3.94. The van der Waals surface area contributed by atoms with Gasteiger partial charge in [0, 0.05) is 25.7 Å². The SMILES string of the molecule is C[C@H]1CN(C2(C#N)COC2)CCN1C(=O)OC(C)(C)C. The van der Waals surface area contributed by atoms with Crippen molar-refractivity contribution in [3.05, 3.63) is 0 Å². The van der Waals surface area contributed by atoms with E-state index in [4.69, 9.17) is 9.47 Å². The summed E-state index contributed by atoms with van der Waals surface area (Å²) in [6.45, 7) is 10.4. The summed E-state index contributed by atoms with van der Waals surface area (Å²) >= 11 is 0. The molecular weight excluding hydrogens is 258 g/mol. The Morgan fingerprint density at radius 2 is 2.05 bits per heavy atom. The van der Waals surface area contributed by atoms with Crippen LogP contribution in [0.2, 0.25) is 0 Å². The van der Waals surface area contributed by atoms with Gasteiger partial charge in [-0.25, -0.2) is 4.79 Å². The Bertz CT molecular complexity index is 420. The summed E-state index contributed by atoms with van der Waals surface area (Å²) in [6, 6.07) is 2.39. The van der Waals surface area contributed by atoms with Gasteiger partial charge in [-0.1, -0.05) is 0 Å². The molecule has 1 amide bonds. The molecule has 2 heterocycles. The number of rotatable bonds is 1. The molecule has 112 valence electrons. The number of ether oxygens (including phenoxy) is 2. The lowest BCUT2D eigenvalue weighted by atomic mass is 9.95. The van der Waals surface area contributed by atoms with Crippen LogP contribution in [0.25, 0.3) is 0 Å². The molecule has 1 atom stereocenters. The standard InChI is InChI=1S/C14H23N3O3/c1-11-7-16(14(8-15)9-19-10-14)5-6-17(11)12(18)20-13(2,3)4/h11H,5-7,9-10H2,1-4H3/t11-/m0/s1. The molecule has 2 aliphatic heterocycles. The lowest BCUT2D eigenvalue weighted by Crippen LogP contribution is -2.67. The Morgan fingerprint density at radius 3 is 2.45 bits per heavy atom. The Morgan fingerprint density at radius 1 is 1.40 bits per heavy atom. The van der Waals surface area contributed by atoms with Crippen LogP contribution in [0, 0.1) is 11.3 Å². The van der Waals surface area contributed by atoms with Gasteiger partial charge in [-0.3, -0.25) is 4.90 Å². The molecule has 0 N–H and O–H groups in total. The van der Waals surface area contributed by atoms with E-state index < -0.39 is 11.1 Å². The van der Waals surface area contributed by atoms with Crippen molar-refractivity contribution in [3.63, 3.8) is 0 Å². The molecule has 0 aliphatic carbocycles. The van der Waals surface area contributed by atoms with Crippen LogP contribution in [-0.4, -0.2) is 65.9 Å². The van der Waals surface area contributed by atoms with Crippen LogP contribution in [0.3, 0.4) is 0 Å². The molecule has 0 saturated carbocycles. The average molecular weight is 281 g/mol. The summed E-state index contributed by atoms with van der Waals surface area (Å²) in [4.78, 5) is 16.0. The maximum Gasteiger partial charge on any atom is 0.410 e. The number of amides is 1. The Labute approximate surface area is 120 Å². The summed E-state index contributed by atoms with van der Waals surface area (Å²) in [5.74, 6) is 0. The third-order valence-electron chi connectivity index (χ3n) is 3.75. The molecule has 0 aromatic rings. The lowest BCUT2D eigenvalue weighted by molar-refractivity contribution is -0.124. The van der Waals surface area contributed by atoms with Crippen LogP contribution in [0.4, 0.5) is 4.79 Å². The topological polar surface area (TPSA) is 65.8 Å². The molecule has 0 radical (unpaired) electrons. The van der Waals surface area contributed by atoms with Crippen molar-refractivity contribution >= 4 is 6.09 Å². The maximum absolute atomic E-state index is 12.1. The number of carbonyl (C=O) groups is 1. The zero-order valence-electron chi connectivity index (χ0n) is 12.7. The van der Waals surface area contributed by atoms with Crippen molar-refractivity contribution in [1.82, 2.24) is 9.80 Å². The molecule has 6 heteroatoms. The number of piperazine rings is 1. The average Bonchev–Trinajstić information content (AvgIpc) is 2.25. The highest BCUT2D eigenvalue weighted by Crippen LogP contribution is 2.27. The second kappa shape index (κ2) is 5.23. The van der Waals surface area contributed by atoms with Gasteiger partial charge in [0.25, 0.3) is 0 Å². The molecule has 20 heavy (non-hydrogen) atoms. The van der Waals surface area contributed by atoms with Crippen molar-refractivity contribution in [3.8, 4) is 6.07 Å². The highest BCUT2D eigenvalue weighted by Gasteiger charge is 2.47. The van der Waals surface area contributed by atoms with Crippen molar-refractivity contribution < 1.29 is 14.3 Å². The number of hydrogen-bond acceptors (Lipinski definition) is 5. The van der Waals surface area contributed by atoms with Gasteiger partial charge in [0.2, 0.25) is 0 Å². The number of nitriles is 1. The van der Waals surface area contributed by atoms with E-state index in [-0.39, 0.29) is 12.1 Å². The van der Waals surface area contributed by atoms with E-state index in [0.29, 0.717) is 32.8 Å². The third kappa shape index (κ3) is 2.89. The summed E-state index contributed by atoms with van der Waals surface area (Å²) < 4.78 is 10.6. The van der Waals surface area contributed by atoms with Crippen LogP contribution >= 0.6 is 0 Å². The second-order valence-electron chi connectivity index (χ2n) is 6.60. The van der Waals surface area contributed by atoms with Crippen LogP contribution < -0.4 is 0 Å². The van der Waals surface area contributed by atoms with Crippen LogP contribution in [-0.2, 0) is 9.47 Å². The fraction of sp³-hybridized carbons (Fsp3) is 0.857. The van der Waals surface area contributed by atoms with E-state index in [1.165, 1.54) is 0 Å². The third-order valence-corrected chi connectivity index (χ3v) is 3.75. The molecule has 6 nitrogen and oxygen atoms in total. The minimum absolute atomic E-state index is 0.0319. The first-order chi connectivity index (χ1) is 9.27. The smallest absolute Gasteiger partial charge is 0.410 e. The van der Waals surface area contributed by atoms with Crippen molar-refractivity contribution in [2.24, 2.45) is 0 Å². The van der Waals surface area contributed by atoms with E-state index >= 15 is 0 Å². The fourth-order valence-corrected chi connectivity index (χ4v) is 2.55. The number of hydrogen-bond donors (Lipinski definition) is 0. The monoisotopic (exact) mass is 281 g/mol. The molecule has 2 saturated heterocycles. The van der Waals surface area contributed by atoms with Crippen LogP contribution in [0.5, 0.6) is 0 Å². The number of nitrogens with zero attached hydrogens (tertiary/aromatic N) is 3. The van der Waals surface area contributed by atoms with Gasteiger partial charge in [0.05, 0.1) is 19.3 Å². The largest absolute Gasteiger partial charge is 0.444 e. The summed E-state index contributed by atoms with van der Waals surface area (Å²) in [5.41, 5.74) is -0.974. The zero-order chi connectivity index (χ0) is 15.0. The first-order valence-electron chi connectivity index (χ1n) is 7.01. The van der Waals surface area contributed by atoms with Crippen molar-refractivity contribution in [1.29, 1.82) is 5.26 Å². The first-order valence-corrected chi connectivity index (χ1v) is 7.01. The Balaban J connectivity index is 1.96. The molecular formula is C14H23N3O3. The zero-order valence-corrected chi connectivity index (χ0v) is 12.7. The minimum Gasteiger partial charge on any atom is -0.444 e. The van der Waals surface area contributed by atoms with Gasteiger partial charge in [-0.15, -0.1) is 0 Å². The second-order valence-corrected chi connectivity index (χ2v) is 6.60. The van der Waals surface area contributed by atoms with Crippen molar-refractivity contribution in [2.75, 3.05) is 32.8 Å². The highest BCUT2D eigenvalue weighted by molar-refractivity contribution is 5.68. The predicted octanol–water partition coefficient (Wildman–Crippen LogP) is 1.22. The summed E-state index contributed by atoms with van der Waals surface area (Å²) in [5, 5.41) is 9.33. The molecule has 0 aromatic carbocycles. The van der Waals surface area contributed by atoms with Gasteiger partial charge in [-0.05, 0) is 27.7 Å². The first kappa shape index (κ1) is 15.1. The fourth-order valence-electron chi connectivity index (χ4n) is 2.55. The van der Waals surface area contributed by atoms with Gasteiger partial charge in [0.15, 0.2) is 5.54 Å². The van der Waals surface area contributed by atoms with Crippen molar-refractivity contribution in [2.45, 2.75) is 44.9 Å². The summed E-state index contributed by atoms with van der Waals surface area (Å²) in [6.07, 6.45) is -0.277. The molecule has 2 rings (SSSR count). The van der Waals surface area contributed by atoms with E-state index in [1.54, 1.807) is 4.90 Å². The van der Waals surface area contributed by atoms with Gasteiger partial charge < -0.3 is 14.4 Å². The maximum atomic E-state index is 12.1. The van der Waals surface area contributed by atoms with E-state index in [2.05, 4.69) is 11.0 Å². The van der Waals surface area contributed by atoms with E-state index in [0.717, 1.165) is 0 Å². The molecule has 2 aliphatic rings. The normalized spacial score (nSPS) is 26.6. The molecule has 0 spiro atoms. The number of carbonyl (C=O) groups excluding carboxylic acids is 1.